The molecule has 0 bridgehead atoms. The van der Waals surface area contributed by atoms with Crippen LogP contribution >= 0.6 is 0 Å². The van der Waals surface area contributed by atoms with E-state index in [0.29, 0.717) is 5.56 Å². The summed E-state index contributed by atoms with van der Waals surface area (Å²) in [5, 5.41) is 13.7. The maximum Gasteiger partial charge on any atom is 0.305 e. The maximum atomic E-state index is 12.3. The average molecular weight is 378 g/mol. The maximum absolute atomic E-state index is 12.3. The summed E-state index contributed by atoms with van der Waals surface area (Å²) in [6.07, 6.45) is -0.302. The molecule has 7 nitrogen and oxygen atoms in total. The molecule has 2 N–H and O–H groups in total. The summed E-state index contributed by atoms with van der Waals surface area (Å²) in [4.78, 5) is 23.6. The standard InChI is InChI=1S/C18H22N2O5S/c1-3-26(24,25)20(2)12-17(21)19-16(11-18(22)23)15-10-6-8-13-7-4-5-9-14(13)15/h4-10,16H,3,11-12H2,1-2H3,(H,19,21)(H,22,23)/t16-/m1/s1. The third-order valence-corrected chi connectivity index (χ3v) is 5.93. The first-order valence-electron chi connectivity index (χ1n) is 8.17. The number of hydrogen-bond donors (Lipinski definition) is 2. The lowest BCUT2D eigenvalue weighted by Crippen LogP contribution is -2.40. The zero-order valence-corrected chi connectivity index (χ0v) is 15.5. The van der Waals surface area contributed by atoms with E-state index >= 15 is 0 Å². The summed E-state index contributed by atoms with van der Waals surface area (Å²) < 4.78 is 24.6. The van der Waals surface area contributed by atoms with E-state index in [9.17, 15) is 23.1 Å². The number of carbonyl (C=O) groups is 2. The Bertz CT molecular complexity index is 905. The van der Waals surface area contributed by atoms with Crippen LogP contribution in [-0.4, -0.2) is 49.1 Å². The number of rotatable bonds is 8. The number of likely N-dealkylation sites (N-methyl/N-ethyl adjacent to an activating group) is 1. The summed E-state index contributed by atoms with van der Waals surface area (Å²) >= 11 is 0. The van der Waals surface area contributed by atoms with Crippen LogP contribution in [0.5, 0.6) is 0 Å². The number of aliphatic carboxylic acids is 1. The molecule has 8 heteroatoms. The lowest BCUT2D eigenvalue weighted by Gasteiger charge is -2.21. The van der Waals surface area contributed by atoms with Crippen molar-refractivity contribution in [1.82, 2.24) is 9.62 Å². The van der Waals surface area contributed by atoms with Gasteiger partial charge in [-0.25, -0.2) is 8.42 Å². The number of carboxylic acids is 1. The molecule has 0 saturated heterocycles. The fourth-order valence-corrected chi connectivity index (χ4v) is 3.48. The molecule has 0 heterocycles. The molecule has 0 saturated carbocycles. The Morgan fingerprint density at radius 3 is 2.46 bits per heavy atom. The smallest absolute Gasteiger partial charge is 0.305 e. The zero-order valence-electron chi connectivity index (χ0n) is 14.7. The van der Waals surface area contributed by atoms with Crippen molar-refractivity contribution in [3.05, 3.63) is 48.0 Å². The molecule has 0 aliphatic heterocycles. The van der Waals surface area contributed by atoms with Crippen molar-refractivity contribution in [1.29, 1.82) is 0 Å². The van der Waals surface area contributed by atoms with E-state index in [1.165, 1.54) is 14.0 Å². The molecule has 1 amide bonds. The van der Waals surface area contributed by atoms with Crippen LogP contribution in [0.3, 0.4) is 0 Å². The fourth-order valence-electron chi connectivity index (χ4n) is 2.73. The van der Waals surface area contributed by atoms with Crippen LogP contribution in [0.15, 0.2) is 42.5 Å². The van der Waals surface area contributed by atoms with Crippen molar-refractivity contribution in [2.45, 2.75) is 19.4 Å². The van der Waals surface area contributed by atoms with E-state index in [1.807, 2.05) is 30.3 Å². The van der Waals surface area contributed by atoms with Gasteiger partial charge in [0.25, 0.3) is 0 Å². The monoisotopic (exact) mass is 378 g/mol. The van der Waals surface area contributed by atoms with Gasteiger partial charge in [-0.15, -0.1) is 0 Å². The minimum atomic E-state index is -3.50. The number of fused-ring (bicyclic) bond motifs is 1. The third kappa shape index (κ3) is 4.80. The van der Waals surface area contributed by atoms with E-state index in [1.54, 1.807) is 12.1 Å². The molecule has 0 fully saturated rings. The van der Waals surface area contributed by atoms with Gasteiger partial charge in [-0.2, -0.15) is 4.31 Å². The van der Waals surface area contributed by atoms with Gasteiger partial charge in [-0.3, -0.25) is 9.59 Å². The van der Waals surface area contributed by atoms with Crippen molar-refractivity contribution in [2.75, 3.05) is 19.3 Å². The van der Waals surface area contributed by atoms with Crippen molar-refractivity contribution in [3.8, 4) is 0 Å². The van der Waals surface area contributed by atoms with Crippen LogP contribution in [0.4, 0.5) is 0 Å². The predicted molar refractivity (Wildman–Crippen MR) is 99.2 cm³/mol. The van der Waals surface area contributed by atoms with Gasteiger partial charge in [0.15, 0.2) is 0 Å². The van der Waals surface area contributed by atoms with E-state index < -0.39 is 27.9 Å². The first kappa shape index (κ1) is 19.9. The highest BCUT2D eigenvalue weighted by atomic mass is 32.2. The van der Waals surface area contributed by atoms with Crippen LogP contribution in [0.1, 0.15) is 24.9 Å². The molecule has 1 atom stereocenters. The molecule has 26 heavy (non-hydrogen) atoms. The molecular formula is C18H22N2O5S. The molecule has 140 valence electrons. The molecular weight excluding hydrogens is 356 g/mol. The van der Waals surface area contributed by atoms with E-state index in [2.05, 4.69) is 5.32 Å². The molecule has 0 unspecified atom stereocenters. The number of hydrogen-bond acceptors (Lipinski definition) is 4. The second-order valence-corrected chi connectivity index (χ2v) is 8.31. The Morgan fingerprint density at radius 1 is 1.15 bits per heavy atom. The van der Waals surface area contributed by atoms with Crippen LogP contribution in [0.25, 0.3) is 10.8 Å². The fraction of sp³-hybridized carbons (Fsp3) is 0.333. The van der Waals surface area contributed by atoms with Gasteiger partial charge in [0, 0.05) is 7.05 Å². The van der Waals surface area contributed by atoms with Crippen molar-refractivity contribution in [2.24, 2.45) is 0 Å². The highest BCUT2D eigenvalue weighted by Gasteiger charge is 2.23. The van der Waals surface area contributed by atoms with Crippen LogP contribution in [0, 0.1) is 0 Å². The minimum Gasteiger partial charge on any atom is -0.481 e. The van der Waals surface area contributed by atoms with Gasteiger partial charge in [-0.1, -0.05) is 42.5 Å². The lowest BCUT2D eigenvalue weighted by atomic mass is 9.96. The Kier molecular flexibility index (Phi) is 6.33. The summed E-state index contributed by atoms with van der Waals surface area (Å²) in [7, 11) is -2.17. The molecule has 0 spiro atoms. The molecule has 0 radical (unpaired) electrons. The number of amides is 1. The number of benzene rings is 2. The van der Waals surface area contributed by atoms with E-state index in [4.69, 9.17) is 0 Å². The molecule has 2 aromatic rings. The van der Waals surface area contributed by atoms with Crippen molar-refractivity contribution < 1.29 is 23.1 Å². The van der Waals surface area contributed by atoms with E-state index in [0.717, 1.165) is 15.1 Å². The first-order chi connectivity index (χ1) is 12.2. The minimum absolute atomic E-state index is 0.112. The highest BCUT2D eigenvalue weighted by Crippen LogP contribution is 2.26. The third-order valence-electron chi connectivity index (χ3n) is 4.12. The number of nitrogens with one attached hydrogen (secondary N) is 1. The van der Waals surface area contributed by atoms with Gasteiger partial charge < -0.3 is 10.4 Å². The summed E-state index contributed by atoms with van der Waals surface area (Å²) in [5.74, 6) is -1.72. The van der Waals surface area contributed by atoms with Crippen molar-refractivity contribution >= 4 is 32.7 Å². The topological polar surface area (TPSA) is 104 Å². The lowest BCUT2D eigenvalue weighted by molar-refractivity contribution is -0.137. The quantitative estimate of drug-likeness (QED) is 0.728. The largest absolute Gasteiger partial charge is 0.481 e. The Balaban J connectivity index is 2.28. The van der Waals surface area contributed by atoms with Crippen LogP contribution in [-0.2, 0) is 19.6 Å². The molecule has 0 aromatic heterocycles. The number of carbonyl (C=O) groups excluding carboxylic acids is 1. The van der Waals surface area contributed by atoms with Gasteiger partial charge in [0.2, 0.25) is 15.9 Å². The summed E-state index contributed by atoms with van der Waals surface area (Å²) in [6, 6.07) is 12.2. The Labute approximate surface area is 152 Å². The second kappa shape index (κ2) is 8.29. The molecule has 2 rings (SSSR count). The van der Waals surface area contributed by atoms with Gasteiger partial charge >= 0.3 is 5.97 Å². The van der Waals surface area contributed by atoms with Gasteiger partial charge in [-0.05, 0) is 23.3 Å². The average Bonchev–Trinajstić information content (AvgIpc) is 2.60. The zero-order chi connectivity index (χ0) is 19.3. The van der Waals surface area contributed by atoms with Gasteiger partial charge in [0.05, 0.1) is 24.8 Å². The summed E-state index contributed by atoms with van der Waals surface area (Å²) in [5.41, 5.74) is 0.680. The van der Waals surface area contributed by atoms with E-state index in [-0.39, 0.29) is 18.7 Å². The predicted octanol–water partition coefficient (Wildman–Crippen LogP) is 1.75. The molecule has 0 aliphatic rings. The Hall–Kier alpha value is -2.45. The first-order valence-corrected chi connectivity index (χ1v) is 9.78. The van der Waals surface area contributed by atoms with Crippen LogP contribution in [0.2, 0.25) is 0 Å². The van der Waals surface area contributed by atoms with Gasteiger partial charge in [0.1, 0.15) is 0 Å². The summed E-state index contributed by atoms with van der Waals surface area (Å²) in [6.45, 7) is 1.13. The normalized spacial score (nSPS) is 12.9. The SMILES string of the molecule is CCS(=O)(=O)N(C)CC(=O)N[C@H](CC(=O)O)c1cccc2ccccc12. The number of sulfonamides is 1. The molecule has 2 aromatic carbocycles. The van der Waals surface area contributed by atoms with Crippen LogP contribution < -0.4 is 5.32 Å². The van der Waals surface area contributed by atoms with Crippen molar-refractivity contribution in [3.63, 3.8) is 0 Å². The number of carboxylic acid groups (broad SMARTS) is 1. The molecule has 0 aliphatic carbocycles. The Morgan fingerprint density at radius 2 is 1.81 bits per heavy atom. The number of nitrogens with zero attached hydrogens (tertiary/aromatic N) is 1. The highest BCUT2D eigenvalue weighted by molar-refractivity contribution is 7.89. The second-order valence-electron chi connectivity index (χ2n) is 5.94.